The maximum absolute atomic E-state index is 12.2. The molecule has 0 atom stereocenters. The summed E-state index contributed by atoms with van der Waals surface area (Å²) < 4.78 is 2.09. The number of hydrogen-bond acceptors (Lipinski definition) is 4. The molecule has 2 N–H and O–H groups in total. The first-order valence-corrected chi connectivity index (χ1v) is 10.8. The second-order valence-corrected chi connectivity index (χ2v) is 9.34. The molecule has 0 spiro atoms. The summed E-state index contributed by atoms with van der Waals surface area (Å²) in [6, 6.07) is 0.573. The largest absolute Gasteiger partial charge is 0.369 e. The number of primary amides is 1. The Morgan fingerprint density at radius 1 is 1.15 bits per heavy atom. The van der Waals surface area contributed by atoms with Gasteiger partial charge in [0.25, 0.3) is 0 Å². The first-order chi connectivity index (χ1) is 12.7. The van der Waals surface area contributed by atoms with Crippen molar-refractivity contribution in [3.63, 3.8) is 0 Å². The molecule has 0 radical (unpaired) electrons. The van der Waals surface area contributed by atoms with E-state index in [0.29, 0.717) is 12.0 Å². The van der Waals surface area contributed by atoms with Gasteiger partial charge < -0.3 is 5.73 Å². The first kappa shape index (κ1) is 16.5. The van der Waals surface area contributed by atoms with Gasteiger partial charge in [0, 0.05) is 16.6 Å². The molecule has 6 heteroatoms. The highest BCUT2D eigenvalue weighted by molar-refractivity contribution is 7.12. The van der Waals surface area contributed by atoms with E-state index in [4.69, 9.17) is 10.7 Å². The number of nitrogens with two attached hydrogens (primary N) is 1. The van der Waals surface area contributed by atoms with Crippen LogP contribution in [0, 0.1) is 0 Å². The number of nitrogens with zero attached hydrogens (tertiary/aromatic N) is 3. The van der Waals surface area contributed by atoms with Gasteiger partial charge in [0.15, 0.2) is 0 Å². The van der Waals surface area contributed by atoms with Gasteiger partial charge in [0.1, 0.15) is 10.4 Å². The van der Waals surface area contributed by atoms with E-state index >= 15 is 0 Å². The van der Waals surface area contributed by atoms with Gasteiger partial charge in [-0.15, -0.1) is 11.3 Å². The van der Waals surface area contributed by atoms with E-state index in [2.05, 4.69) is 16.0 Å². The summed E-state index contributed by atoms with van der Waals surface area (Å²) in [6.07, 6.45) is 15.7. The van der Waals surface area contributed by atoms with Crippen LogP contribution in [0.1, 0.15) is 86.1 Å². The van der Waals surface area contributed by atoms with Gasteiger partial charge in [-0.25, -0.2) is 4.98 Å². The Labute approximate surface area is 158 Å². The second-order valence-electron chi connectivity index (χ2n) is 8.31. The summed E-state index contributed by atoms with van der Waals surface area (Å²) in [5.41, 5.74) is 7.47. The third-order valence-corrected chi connectivity index (χ3v) is 7.94. The normalized spacial score (nSPS) is 22.9. The van der Waals surface area contributed by atoms with E-state index in [0.717, 1.165) is 35.5 Å². The molecule has 5 nitrogen and oxygen atoms in total. The third-order valence-electron chi connectivity index (χ3n) is 6.51. The Morgan fingerprint density at radius 3 is 2.54 bits per heavy atom. The highest BCUT2D eigenvalue weighted by atomic mass is 32.1. The molecular weight excluding hydrogens is 344 g/mol. The van der Waals surface area contributed by atoms with Crippen LogP contribution in [0.25, 0.3) is 11.3 Å². The third kappa shape index (κ3) is 2.61. The van der Waals surface area contributed by atoms with Gasteiger partial charge in [-0.2, -0.15) is 5.10 Å². The quantitative estimate of drug-likeness (QED) is 0.853. The highest BCUT2D eigenvalue weighted by Gasteiger charge is 2.47. The number of thiazole rings is 1. The van der Waals surface area contributed by atoms with Crippen LogP contribution in [0.4, 0.5) is 0 Å². The number of aromatic nitrogens is 3. The van der Waals surface area contributed by atoms with Crippen LogP contribution in [0.2, 0.25) is 0 Å². The van der Waals surface area contributed by atoms with Crippen molar-refractivity contribution >= 4 is 17.2 Å². The van der Waals surface area contributed by atoms with Crippen LogP contribution in [-0.2, 0) is 10.2 Å². The van der Waals surface area contributed by atoms with Crippen molar-refractivity contribution in [1.82, 2.24) is 14.8 Å². The van der Waals surface area contributed by atoms with E-state index in [1.807, 2.05) is 6.20 Å². The predicted molar refractivity (Wildman–Crippen MR) is 102 cm³/mol. The summed E-state index contributed by atoms with van der Waals surface area (Å²) in [7, 11) is 0. The van der Waals surface area contributed by atoms with Crippen LogP contribution in [0.15, 0.2) is 12.4 Å². The number of hydrogen-bond donors (Lipinski definition) is 1. The molecule has 0 aromatic carbocycles. The number of rotatable bonds is 5. The lowest BCUT2D eigenvalue weighted by Gasteiger charge is -2.36. The first-order valence-electron chi connectivity index (χ1n) is 10.0. The van der Waals surface area contributed by atoms with Gasteiger partial charge in [-0.1, -0.05) is 25.7 Å². The van der Waals surface area contributed by atoms with Crippen molar-refractivity contribution < 1.29 is 4.79 Å². The maximum Gasteiger partial charge on any atom is 0.230 e. The molecule has 138 valence electrons. The molecule has 0 unspecified atom stereocenters. The van der Waals surface area contributed by atoms with E-state index < -0.39 is 5.41 Å². The zero-order valence-electron chi connectivity index (χ0n) is 15.1. The molecule has 0 bridgehead atoms. The van der Waals surface area contributed by atoms with Crippen LogP contribution in [0.5, 0.6) is 0 Å². The Morgan fingerprint density at radius 2 is 1.92 bits per heavy atom. The van der Waals surface area contributed by atoms with E-state index in [-0.39, 0.29) is 5.91 Å². The Kier molecular flexibility index (Phi) is 3.92. The van der Waals surface area contributed by atoms with E-state index in [9.17, 15) is 4.79 Å². The lowest BCUT2D eigenvalue weighted by Crippen LogP contribution is -2.46. The summed E-state index contributed by atoms with van der Waals surface area (Å²) in [4.78, 5) is 18.6. The molecule has 3 saturated carbocycles. The standard InChI is InChI=1S/C20H26N4OS/c21-18(25)20(9-4-10-20)19-23-16(14-11-22-24(12-14)15-7-8-15)17(26-19)13-5-2-1-3-6-13/h11-13,15H,1-10H2,(H2,21,25). The van der Waals surface area contributed by atoms with Gasteiger partial charge in [-0.3, -0.25) is 9.48 Å². The molecule has 2 aromatic heterocycles. The molecule has 3 aliphatic carbocycles. The SMILES string of the molecule is NC(=O)C1(c2nc(-c3cnn(C4CC4)c3)c(C3CCCCC3)s2)CCC1. The minimum atomic E-state index is -0.515. The smallest absolute Gasteiger partial charge is 0.230 e. The monoisotopic (exact) mass is 370 g/mol. The molecule has 26 heavy (non-hydrogen) atoms. The molecule has 5 rings (SSSR count). The molecule has 2 aromatic rings. The molecule has 3 fully saturated rings. The van der Waals surface area contributed by atoms with Crippen LogP contribution in [-0.4, -0.2) is 20.7 Å². The van der Waals surface area contributed by atoms with Crippen molar-refractivity contribution in [2.24, 2.45) is 5.73 Å². The van der Waals surface area contributed by atoms with Crippen molar-refractivity contribution in [1.29, 1.82) is 0 Å². The average molecular weight is 371 g/mol. The van der Waals surface area contributed by atoms with Crippen molar-refractivity contribution in [2.75, 3.05) is 0 Å². The zero-order valence-corrected chi connectivity index (χ0v) is 15.9. The fraction of sp³-hybridized carbons (Fsp3) is 0.650. The second kappa shape index (κ2) is 6.19. The van der Waals surface area contributed by atoms with E-state index in [1.54, 1.807) is 11.3 Å². The molecular formula is C20H26N4OS. The van der Waals surface area contributed by atoms with Gasteiger partial charge in [-0.05, 0) is 44.4 Å². The van der Waals surface area contributed by atoms with E-state index in [1.165, 1.54) is 49.8 Å². The summed E-state index contributed by atoms with van der Waals surface area (Å²) in [5.74, 6) is 0.368. The van der Waals surface area contributed by atoms with Gasteiger partial charge in [0.05, 0.1) is 17.9 Å². The summed E-state index contributed by atoms with van der Waals surface area (Å²) >= 11 is 1.76. The Bertz CT molecular complexity index is 825. The van der Waals surface area contributed by atoms with Crippen LogP contribution in [0.3, 0.4) is 0 Å². The fourth-order valence-electron chi connectivity index (χ4n) is 4.48. The average Bonchev–Trinajstić information content (AvgIpc) is 3.17. The number of carbonyl (C=O) groups is 1. The van der Waals surface area contributed by atoms with Gasteiger partial charge in [0.2, 0.25) is 5.91 Å². The molecule has 0 aliphatic heterocycles. The minimum absolute atomic E-state index is 0.201. The lowest BCUT2D eigenvalue weighted by atomic mass is 9.68. The summed E-state index contributed by atoms with van der Waals surface area (Å²) in [5, 5.41) is 5.52. The Hall–Kier alpha value is -1.69. The molecule has 3 aliphatic rings. The fourth-order valence-corrected chi connectivity index (χ4v) is 5.99. The van der Waals surface area contributed by atoms with Crippen LogP contribution < -0.4 is 5.73 Å². The van der Waals surface area contributed by atoms with Crippen molar-refractivity contribution in [3.8, 4) is 11.3 Å². The highest BCUT2D eigenvalue weighted by Crippen LogP contribution is 2.50. The zero-order chi connectivity index (χ0) is 17.7. The van der Waals surface area contributed by atoms with Crippen LogP contribution >= 0.6 is 11.3 Å². The van der Waals surface area contributed by atoms with Gasteiger partial charge >= 0.3 is 0 Å². The van der Waals surface area contributed by atoms with Crippen molar-refractivity contribution in [2.45, 2.75) is 81.6 Å². The Balaban J connectivity index is 1.57. The summed E-state index contributed by atoms with van der Waals surface area (Å²) in [6.45, 7) is 0. The van der Waals surface area contributed by atoms with Crippen molar-refractivity contribution in [3.05, 3.63) is 22.3 Å². The maximum atomic E-state index is 12.2. The topological polar surface area (TPSA) is 73.8 Å². The molecule has 1 amide bonds. The molecule has 0 saturated heterocycles. The minimum Gasteiger partial charge on any atom is -0.369 e. The number of carbonyl (C=O) groups excluding carboxylic acids is 1. The number of amides is 1. The molecule has 2 heterocycles. The predicted octanol–water partition coefficient (Wildman–Crippen LogP) is 4.30. The lowest BCUT2D eigenvalue weighted by molar-refractivity contribution is -0.126.